The molecule has 0 bridgehead atoms. The van der Waals surface area contributed by atoms with Crippen LogP contribution in [-0.4, -0.2) is 41.7 Å². The highest BCUT2D eigenvalue weighted by Crippen LogP contribution is 2.10. The van der Waals surface area contributed by atoms with Gasteiger partial charge in [-0.3, -0.25) is 10.1 Å². The molecule has 14 heavy (non-hydrogen) atoms. The molecule has 1 atom stereocenters. The predicted molar refractivity (Wildman–Crippen MR) is 56.2 cm³/mol. The van der Waals surface area contributed by atoms with Crippen molar-refractivity contribution in [2.75, 3.05) is 19.4 Å². The number of amides is 3. The minimum absolute atomic E-state index is 0.0989. The second-order valence-corrected chi connectivity index (χ2v) is 4.29. The fourth-order valence-electron chi connectivity index (χ4n) is 0.657. The lowest BCUT2D eigenvalue weighted by molar-refractivity contribution is -0.119. The lowest BCUT2D eigenvalue weighted by Crippen LogP contribution is -2.37. The average Bonchev–Trinajstić information content (AvgIpc) is 2.17. The SMILES string of the molecule is CNC(=O)NC(=O)CCSC(C)CO. The number of hydrogen-bond acceptors (Lipinski definition) is 4. The molecule has 0 radical (unpaired) electrons. The van der Waals surface area contributed by atoms with Crippen molar-refractivity contribution >= 4 is 23.7 Å². The second-order valence-electron chi connectivity index (χ2n) is 2.74. The lowest BCUT2D eigenvalue weighted by atomic mass is 10.4. The van der Waals surface area contributed by atoms with Gasteiger partial charge < -0.3 is 10.4 Å². The normalized spacial score (nSPS) is 11.9. The number of urea groups is 1. The summed E-state index contributed by atoms with van der Waals surface area (Å²) < 4.78 is 0. The largest absolute Gasteiger partial charge is 0.395 e. The maximum Gasteiger partial charge on any atom is 0.321 e. The van der Waals surface area contributed by atoms with Gasteiger partial charge in [-0.25, -0.2) is 4.79 Å². The van der Waals surface area contributed by atoms with E-state index in [2.05, 4.69) is 10.6 Å². The van der Waals surface area contributed by atoms with Gasteiger partial charge in [0.2, 0.25) is 5.91 Å². The quantitative estimate of drug-likeness (QED) is 0.607. The molecule has 0 saturated carbocycles. The van der Waals surface area contributed by atoms with E-state index >= 15 is 0 Å². The highest BCUT2D eigenvalue weighted by molar-refractivity contribution is 7.99. The molecule has 3 amide bonds. The maximum absolute atomic E-state index is 11.0. The van der Waals surface area contributed by atoms with Gasteiger partial charge in [-0.15, -0.1) is 0 Å². The number of nitrogens with one attached hydrogen (secondary N) is 2. The molecule has 0 aromatic heterocycles. The number of aliphatic hydroxyl groups is 1. The lowest BCUT2D eigenvalue weighted by Gasteiger charge is -2.06. The molecule has 0 aliphatic rings. The number of thioether (sulfide) groups is 1. The molecule has 1 unspecified atom stereocenters. The van der Waals surface area contributed by atoms with Gasteiger partial charge in [0.1, 0.15) is 0 Å². The predicted octanol–water partition coefficient (Wildman–Crippen LogP) is -0.0539. The second kappa shape index (κ2) is 7.64. The number of aliphatic hydroxyl groups excluding tert-OH is 1. The van der Waals surface area contributed by atoms with Crippen molar-refractivity contribution in [3.05, 3.63) is 0 Å². The smallest absolute Gasteiger partial charge is 0.321 e. The highest BCUT2D eigenvalue weighted by Gasteiger charge is 2.06. The fraction of sp³-hybridized carbons (Fsp3) is 0.750. The third-order valence-corrected chi connectivity index (χ3v) is 2.63. The van der Waals surface area contributed by atoms with Crippen LogP contribution in [0.2, 0.25) is 0 Å². The number of hydrogen-bond donors (Lipinski definition) is 3. The zero-order chi connectivity index (χ0) is 11.0. The zero-order valence-corrected chi connectivity index (χ0v) is 9.19. The van der Waals surface area contributed by atoms with Crippen molar-refractivity contribution in [3.8, 4) is 0 Å². The molecule has 6 heteroatoms. The summed E-state index contributed by atoms with van der Waals surface area (Å²) in [5, 5.41) is 13.3. The molecule has 0 aliphatic carbocycles. The van der Waals surface area contributed by atoms with Crippen LogP contribution in [0.1, 0.15) is 13.3 Å². The topological polar surface area (TPSA) is 78.4 Å². The summed E-state index contributed by atoms with van der Waals surface area (Å²) in [6.07, 6.45) is 0.280. The van der Waals surface area contributed by atoms with Gasteiger partial charge in [0.15, 0.2) is 0 Å². The molecule has 5 nitrogen and oxygen atoms in total. The Kier molecular flexibility index (Phi) is 7.23. The Labute approximate surface area is 87.6 Å². The Morgan fingerprint density at radius 2 is 2.14 bits per heavy atom. The Morgan fingerprint density at radius 1 is 1.50 bits per heavy atom. The summed E-state index contributed by atoms with van der Waals surface area (Å²) in [7, 11) is 1.45. The summed E-state index contributed by atoms with van der Waals surface area (Å²) in [6, 6.07) is -0.491. The van der Waals surface area contributed by atoms with E-state index in [1.807, 2.05) is 6.92 Å². The summed E-state index contributed by atoms with van der Waals surface area (Å²) in [6.45, 7) is 1.98. The Morgan fingerprint density at radius 3 is 2.64 bits per heavy atom. The van der Waals surface area contributed by atoms with E-state index in [-0.39, 0.29) is 24.2 Å². The summed E-state index contributed by atoms with van der Waals surface area (Å²) in [4.78, 5) is 21.7. The van der Waals surface area contributed by atoms with Gasteiger partial charge in [-0.2, -0.15) is 11.8 Å². The van der Waals surface area contributed by atoms with Crippen molar-refractivity contribution in [3.63, 3.8) is 0 Å². The third-order valence-electron chi connectivity index (χ3n) is 1.47. The summed E-state index contributed by atoms with van der Waals surface area (Å²) >= 11 is 1.50. The first-order valence-corrected chi connectivity index (χ1v) is 5.39. The maximum atomic E-state index is 11.0. The Balaban J connectivity index is 3.49. The van der Waals surface area contributed by atoms with E-state index in [4.69, 9.17) is 5.11 Å². The van der Waals surface area contributed by atoms with Crippen molar-refractivity contribution in [1.29, 1.82) is 0 Å². The van der Waals surface area contributed by atoms with Crippen LogP contribution in [0.4, 0.5) is 4.79 Å². The zero-order valence-electron chi connectivity index (χ0n) is 8.37. The van der Waals surface area contributed by atoms with Gasteiger partial charge >= 0.3 is 6.03 Å². The molecule has 0 aliphatic heterocycles. The van der Waals surface area contributed by atoms with Gasteiger partial charge in [0.25, 0.3) is 0 Å². The first kappa shape index (κ1) is 13.2. The molecule has 82 valence electrons. The molecule has 0 heterocycles. The van der Waals surface area contributed by atoms with E-state index in [0.29, 0.717) is 5.75 Å². The number of carbonyl (C=O) groups is 2. The van der Waals surface area contributed by atoms with E-state index in [1.165, 1.54) is 18.8 Å². The van der Waals surface area contributed by atoms with Crippen LogP contribution in [0.5, 0.6) is 0 Å². The van der Waals surface area contributed by atoms with E-state index in [0.717, 1.165) is 0 Å². The molecular weight excluding hydrogens is 204 g/mol. The molecule has 0 rings (SSSR count). The van der Waals surface area contributed by atoms with Gasteiger partial charge in [0.05, 0.1) is 6.61 Å². The average molecular weight is 220 g/mol. The van der Waals surface area contributed by atoms with Crippen LogP contribution in [0, 0.1) is 0 Å². The molecule has 0 fully saturated rings. The first-order valence-electron chi connectivity index (χ1n) is 4.34. The van der Waals surface area contributed by atoms with E-state index in [1.54, 1.807) is 0 Å². The Hall–Kier alpha value is -0.750. The van der Waals surface area contributed by atoms with Crippen LogP contribution >= 0.6 is 11.8 Å². The molecule has 0 aromatic carbocycles. The molecular formula is C8H16N2O3S. The van der Waals surface area contributed by atoms with Crippen LogP contribution < -0.4 is 10.6 Å². The monoisotopic (exact) mass is 220 g/mol. The van der Waals surface area contributed by atoms with Crippen molar-refractivity contribution in [2.45, 2.75) is 18.6 Å². The first-order chi connectivity index (χ1) is 6.60. The standard InChI is InChI=1S/C8H16N2O3S/c1-6(5-11)14-4-3-7(12)10-8(13)9-2/h6,11H,3-5H2,1-2H3,(H2,9,10,12,13). The van der Waals surface area contributed by atoms with Crippen LogP contribution in [-0.2, 0) is 4.79 Å². The van der Waals surface area contributed by atoms with E-state index in [9.17, 15) is 9.59 Å². The van der Waals surface area contributed by atoms with Crippen LogP contribution in [0.15, 0.2) is 0 Å². The third kappa shape index (κ3) is 6.73. The summed E-state index contributed by atoms with van der Waals surface area (Å²) in [5.74, 6) is 0.298. The molecule has 0 spiro atoms. The molecule has 0 saturated heterocycles. The number of rotatable bonds is 5. The van der Waals surface area contributed by atoms with Crippen molar-refractivity contribution < 1.29 is 14.7 Å². The number of imide groups is 1. The molecule has 3 N–H and O–H groups in total. The van der Waals surface area contributed by atoms with Gasteiger partial charge in [0, 0.05) is 24.5 Å². The van der Waals surface area contributed by atoms with Crippen LogP contribution in [0.25, 0.3) is 0 Å². The van der Waals surface area contributed by atoms with Crippen LogP contribution in [0.3, 0.4) is 0 Å². The van der Waals surface area contributed by atoms with Crippen molar-refractivity contribution in [1.82, 2.24) is 10.6 Å². The number of carbonyl (C=O) groups excluding carboxylic acids is 2. The van der Waals surface area contributed by atoms with E-state index < -0.39 is 6.03 Å². The van der Waals surface area contributed by atoms with Gasteiger partial charge in [-0.1, -0.05) is 6.92 Å². The fourth-order valence-corrected chi connectivity index (χ4v) is 1.47. The minimum Gasteiger partial charge on any atom is -0.395 e. The highest BCUT2D eigenvalue weighted by atomic mass is 32.2. The molecule has 0 aromatic rings. The van der Waals surface area contributed by atoms with Crippen molar-refractivity contribution in [2.24, 2.45) is 0 Å². The minimum atomic E-state index is -0.491. The van der Waals surface area contributed by atoms with Gasteiger partial charge in [-0.05, 0) is 0 Å². The Bertz CT molecular complexity index is 199. The summed E-state index contributed by atoms with van der Waals surface area (Å²) in [5.41, 5.74) is 0.